The van der Waals surface area contributed by atoms with Crippen molar-refractivity contribution < 1.29 is 9.90 Å². The van der Waals surface area contributed by atoms with Crippen LogP contribution in [-0.2, 0) is 0 Å². The van der Waals surface area contributed by atoms with Gasteiger partial charge in [0.1, 0.15) is 0 Å². The SMILES string of the molecule is Cc1cc(C(=O)O)nc(NC(C)c2ccc(Cl)cc2)n1. The Morgan fingerprint density at radius 2 is 1.95 bits per heavy atom. The molecule has 2 rings (SSSR count). The Morgan fingerprint density at radius 3 is 2.55 bits per heavy atom. The van der Waals surface area contributed by atoms with Crippen LogP contribution in [-0.4, -0.2) is 21.0 Å². The van der Waals surface area contributed by atoms with Crippen LogP contribution >= 0.6 is 11.6 Å². The number of aromatic carboxylic acids is 1. The number of benzene rings is 1. The Balaban J connectivity index is 2.21. The van der Waals surface area contributed by atoms with Crippen molar-refractivity contribution in [3.63, 3.8) is 0 Å². The molecule has 0 saturated carbocycles. The maximum Gasteiger partial charge on any atom is 0.354 e. The Bertz CT molecular complexity index is 629. The zero-order valence-electron chi connectivity index (χ0n) is 11.1. The second-order valence-electron chi connectivity index (χ2n) is 4.44. The molecule has 0 saturated heterocycles. The number of carbonyl (C=O) groups is 1. The second kappa shape index (κ2) is 5.88. The maximum atomic E-state index is 11.0. The molecule has 0 amide bonds. The summed E-state index contributed by atoms with van der Waals surface area (Å²) in [4.78, 5) is 19.1. The maximum absolute atomic E-state index is 11.0. The zero-order valence-corrected chi connectivity index (χ0v) is 11.8. The van der Waals surface area contributed by atoms with Crippen LogP contribution in [0, 0.1) is 6.92 Å². The lowest BCUT2D eigenvalue weighted by Crippen LogP contribution is -2.12. The largest absolute Gasteiger partial charge is 0.477 e. The van der Waals surface area contributed by atoms with Gasteiger partial charge in [0.25, 0.3) is 0 Å². The molecule has 2 aromatic rings. The summed E-state index contributed by atoms with van der Waals surface area (Å²) >= 11 is 5.84. The van der Waals surface area contributed by atoms with Crippen molar-refractivity contribution in [1.29, 1.82) is 0 Å². The van der Waals surface area contributed by atoms with E-state index in [4.69, 9.17) is 16.7 Å². The van der Waals surface area contributed by atoms with Gasteiger partial charge in [-0.2, -0.15) is 0 Å². The molecule has 1 atom stereocenters. The number of halogens is 1. The van der Waals surface area contributed by atoms with Gasteiger partial charge >= 0.3 is 5.97 Å². The van der Waals surface area contributed by atoms with Crippen LogP contribution in [0.15, 0.2) is 30.3 Å². The summed E-state index contributed by atoms with van der Waals surface area (Å²) in [5.74, 6) is -0.775. The van der Waals surface area contributed by atoms with E-state index in [-0.39, 0.29) is 11.7 Å². The van der Waals surface area contributed by atoms with E-state index in [9.17, 15) is 4.79 Å². The molecule has 0 aliphatic heterocycles. The first-order valence-electron chi connectivity index (χ1n) is 6.06. The highest BCUT2D eigenvalue weighted by molar-refractivity contribution is 6.30. The number of carboxylic acids is 1. The average molecular weight is 292 g/mol. The van der Waals surface area contributed by atoms with E-state index >= 15 is 0 Å². The van der Waals surface area contributed by atoms with Crippen molar-refractivity contribution in [3.05, 3.63) is 52.3 Å². The topological polar surface area (TPSA) is 75.1 Å². The normalized spacial score (nSPS) is 11.9. The van der Waals surface area contributed by atoms with Crippen LogP contribution in [0.1, 0.15) is 34.7 Å². The highest BCUT2D eigenvalue weighted by Crippen LogP contribution is 2.19. The fraction of sp³-hybridized carbons (Fsp3) is 0.214. The van der Waals surface area contributed by atoms with Gasteiger partial charge in [-0.1, -0.05) is 23.7 Å². The predicted octanol–water partition coefficient (Wildman–Crippen LogP) is 3.31. The van der Waals surface area contributed by atoms with Gasteiger partial charge in [-0.3, -0.25) is 0 Å². The number of anilines is 1. The molecule has 1 heterocycles. The second-order valence-corrected chi connectivity index (χ2v) is 4.88. The van der Waals surface area contributed by atoms with Crippen LogP contribution < -0.4 is 5.32 Å². The number of nitrogens with zero attached hydrogens (tertiary/aromatic N) is 2. The molecule has 0 radical (unpaired) electrons. The van der Waals surface area contributed by atoms with E-state index in [1.165, 1.54) is 6.07 Å². The number of aryl methyl sites for hydroxylation is 1. The summed E-state index contributed by atoms with van der Waals surface area (Å²) < 4.78 is 0. The van der Waals surface area contributed by atoms with E-state index < -0.39 is 5.97 Å². The Morgan fingerprint density at radius 1 is 1.30 bits per heavy atom. The Kier molecular flexibility index (Phi) is 4.20. The van der Waals surface area contributed by atoms with Crippen LogP contribution in [0.2, 0.25) is 5.02 Å². The number of hydrogen-bond donors (Lipinski definition) is 2. The van der Waals surface area contributed by atoms with E-state index in [2.05, 4.69) is 15.3 Å². The lowest BCUT2D eigenvalue weighted by atomic mass is 10.1. The monoisotopic (exact) mass is 291 g/mol. The minimum absolute atomic E-state index is 0.0247. The summed E-state index contributed by atoms with van der Waals surface area (Å²) in [6.07, 6.45) is 0. The molecule has 104 valence electrons. The van der Waals surface area contributed by atoms with Gasteiger partial charge in [-0.15, -0.1) is 0 Å². The molecular weight excluding hydrogens is 278 g/mol. The van der Waals surface area contributed by atoms with Gasteiger partial charge in [0, 0.05) is 10.7 Å². The molecule has 2 N–H and O–H groups in total. The fourth-order valence-corrected chi connectivity index (χ4v) is 1.90. The minimum Gasteiger partial charge on any atom is -0.477 e. The third-order valence-corrected chi connectivity index (χ3v) is 3.04. The molecule has 5 nitrogen and oxygen atoms in total. The van der Waals surface area contributed by atoms with Crippen LogP contribution in [0.3, 0.4) is 0 Å². The molecule has 0 fully saturated rings. The van der Waals surface area contributed by atoms with Crippen molar-refractivity contribution >= 4 is 23.5 Å². The van der Waals surface area contributed by atoms with Crippen LogP contribution in [0.25, 0.3) is 0 Å². The summed E-state index contributed by atoms with van der Waals surface area (Å²) in [7, 11) is 0. The highest BCUT2D eigenvalue weighted by atomic mass is 35.5. The van der Waals surface area contributed by atoms with Crippen LogP contribution in [0.4, 0.5) is 5.95 Å². The molecule has 0 aliphatic carbocycles. The van der Waals surface area contributed by atoms with Gasteiger partial charge in [-0.05, 0) is 37.6 Å². The predicted molar refractivity (Wildman–Crippen MR) is 77.2 cm³/mol. The van der Waals surface area contributed by atoms with Crippen molar-refractivity contribution in [2.75, 3.05) is 5.32 Å². The van der Waals surface area contributed by atoms with Crippen molar-refractivity contribution in [3.8, 4) is 0 Å². The lowest BCUT2D eigenvalue weighted by molar-refractivity contribution is 0.0690. The van der Waals surface area contributed by atoms with Crippen molar-refractivity contribution in [2.24, 2.45) is 0 Å². The summed E-state index contributed by atoms with van der Waals surface area (Å²) in [6, 6.07) is 8.77. The average Bonchev–Trinajstić information content (AvgIpc) is 2.38. The third kappa shape index (κ3) is 3.45. The van der Waals surface area contributed by atoms with E-state index in [0.29, 0.717) is 16.7 Å². The fourth-order valence-electron chi connectivity index (χ4n) is 1.77. The van der Waals surface area contributed by atoms with Gasteiger partial charge in [0.2, 0.25) is 5.95 Å². The molecule has 0 spiro atoms. The minimum atomic E-state index is -1.07. The molecule has 1 aromatic carbocycles. The van der Waals surface area contributed by atoms with Gasteiger partial charge in [-0.25, -0.2) is 14.8 Å². The molecule has 1 aromatic heterocycles. The standard InChI is InChI=1S/C14H14ClN3O2/c1-8-7-12(13(19)20)18-14(16-8)17-9(2)10-3-5-11(15)6-4-10/h3-7,9H,1-2H3,(H,19,20)(H,16,17,18). The summed E-state index contributed by atoms with van der Waals surface area (Å²) in [5, 5.41) is 12.7. The third-order valence-electron chi connectivity index (χ3n) is 2.79. The van der Waals surface area contributed by atoms with E-state index in [1.54, 1.807) is 19.1 Å². The molecule has 20 heavy (non-hydrogen) atoms. The first-order chi connectivity index (χ1) is 9.45. The number of rotatable bonds is 4. The van der Waals surface area contributed by atoms with Gasteiger partial charge in [0.05, 0.1) is 6.04 Å². The zero-order chi connectivity index (χ0) is 14.7. The van der Waals surface area contributed by atoms with E-state index in [0.717, 1.165) is 5.56 Å². The molecular formula is C14H14ClN3O2. The number of carboxylic acid groups (broad SMARTS) is 1. The van der Waals surface area contributed by atoms with Crippen molar-refractivity contribution in [2.45, 2.75) is 19.9 Å². The van der Waals surface area contributed by atoms with Gasteiger partial charge < -0.3 is 10.4 Å². The molecule has 1 unspecified atom stereocenters. The first kappa shape index (κ1) is 14.3. The number of nitrogens with one attached hydrogen (secondary N) is 1. The molecule has 0 bridgehead atoms. The summed E-state index contributed by atoms with van der Waals surface area (Å²) in [6.45, 7) is 3.67. The lowest BCUT2D eigenvalue weighted by Gasteiger charge is -2.14. The number of hydrogen-bond acceptors (Lipinski definition) is 4. The van der Waals surface area contributed by atoms with E-state index in [1.807, 2.05) is 19.1 Å². The van der Waals surface area contributed by atoms with Gasteiger partial charge in [0.15, 0.2) is 5.69 Å². The van der Waals surface area contributed by atoms with Crippen molar-refractivity contribution in [1.82, 2.24) is 9.97 Å². The quantitative estimate of drug-likeness (QED) is 0.904. The smallest absolute Gasteiger partial charge is 0.354 e. The summed E-state index contributed by atoms with van der Waals surface area (Å²) in [5.41, 5.74) is 1.59. The first-order valence-corrected chi connectivity index (χ1v) is 6.44. The molecule has 6 heteroatoms. The Hall–Kier alpha value is -2.14. The highest BCUT2D eigenvalue weighted by Gasteiger charge is 2.11. The van der Waals surface area contributed by atoms with Crippen LogP contribution in [0.5, 0.6) is 0 Å². The molecule has 0 aliphatic rings. The Labute approximate surface area is 121 Å². The number of aromatic nitrogens is 2.